The highest BCUT2D eigenvalue weighted by atomic mass is 35.5. The van der Waals surface area contributed by atoms with Crippen LogP contribution in [0, 0.1) is 5.92 Å². The summed E-state index contributed by atoms with van der Waals surface area (Å²) in [6.07, 6.45) is 1.13. The van der Waals surface area contributed by atoms with Crippen LogP contribution in [0.2, 0.25) is 0 Å². The van der Waals surface area contributed by atoms with Gasteiger partial charge in [-0.2, -0.15) is 0 Å². The molecule has 0 bridgehead atoms. The van der Waals surface area contributed by atoms with E-state index in [4.69, 9.17) is 11.6 Å². The van der Waals surface area contributed by atoms with Crippen molar-refractivity contribution >= 4 is 11.6 Å². The van der Waals surface area contributed by atoms with Crippen LogP contribution < -0.4 is 0 Å². The summed E-state index contributed by atoms with van der Waals surface area (Å²) in [5, 5.41) is 0. The molecule has 14 heavy (non-hydrogen) atoms. The second kappa shape index (κ2) is 6.65. The van der Waals surface area contributed by atoms with E-state index < -0.39 is 0 Å². The zero-order valence-electron chi connectivity index (χ0n) is 9.51. The van der Waals surface area contributed by atoms with Gasteiger partial charge in [-0.05, 0) is 18.9 Å². The van der Waals surface area contributed by atoms with E-state index in [1.807, 2.05) is 0 Å². The number of hydrogen-bond donors (Lipinski definition) is 0. The first kappa shape index (κ1) is 12.3. The third-order valence-electron chi connectivity index (χ3n) is 2.70. The Balaban J connectivity index is 2.11. The molecular formula is C11H23ClN2. The molecule has 0 aromatic heterocycles. The van der Waals surface area contributed by atoms with Crippen LogP contribution in [0.4, 0.5) is 0 Å². The van der Waals surface area contributed by atoms with E-state index in [0.29, 0.717) is 0 Å². The van der Waals surface area contributed by atoms with Crippen molar-refractivity contribution in [2.45, 2.75) is 20.3 Å². The largest absolute Gasteiger partial charge is 0.301 e. The van der Waals surface area contributed by atoms with E-state index >= 15 is 0 Å². The lowest BCUT2D eigenvalue weighted by Crippen LogP contribution is -2.47. The number of hydrogen-bond acceptors (Lipinski definition) is 2. The fraction of sp³-hybridized carbons (Fsp3) is 1.00. The molecule has 1 saturated heterocycles. The molecule has 3 heteroatoms. The quantitative estimate of drug-likeness (QED) is 0.651. The number of rotatable bonds is 5. The SMILES string of the molecule is CC(C)CN1CCN(CCCCl)CC1. The summed E-state index contributed by atoms with van der Waals surface area (Å²) >= 11 is 5.68. The highest BCUT2D eigenvalue weighted by molar-refractivity contribution is 6.17. The Bertz CT molecular complexity index is 142. The van der Waals surface area contributed by atoms with Crippen LogP contribution in [0.5, 0.6) is 0 Å². The first-order valence-corrected chi connectivity index (χ1v) is 6.26. The van der Waals surface area contributed by atoms with Crippen molar-refractivity contribution < 1.29 is 0 Å². The predicted octanol–water partition coefficient (Wildman–Crippen LogP) is 1.89. The molecule has 0 atom stereocenters. The Hall–Kier alpha value is 0.210. The molecule has 0 saturated carbocycles. The molecule has 0 amide bonds. The zero-order valence-corrected chi connectivity index (χ0v) is 10.3. The summed E-state index contributed by atoms with van der Waals surface area (Å²) in [7, 11) is 0. The zero-order chi connectivity index (χ0) is 10.4. The molecule has 84 valence electrons. The molecule has 0 spiro atoms. The maximum atomic E-state index is 5.68. The smallest absolute Gasteiger partial charge is 0.0235 e. The van der Waals surface area contributed by atoms with Crippen LogP contribution in [-0.4, -0.2) is 54.9 Å². The average Bonchev–Trinajstić information content (AvgIpc) is 2.16. The fourth-order valence-corrected chi connectivity index (χ4v) is 2.11. The van der Waals surface area contributed by atoms with Gasteiger partial charge in [0.25, 0.3) is 0 Å². The maximum Gasteiger partial charge on any atom is 0.0235 e. The third-order valence-corrected chi connectivity index (χ3v) is 2.96. The minimum atomic E-state index is 0.796. The topological polar surface area (TPSA) is 6.48 Å². The standard InChI is InChI=1S/C11H23ClN2/c1-11(2)10-14-8-6-13(7-9-14)5-3-4-12/h11H,3-10H2,1-2H3. The summed E-state index contributed by atoms with van der Waals surface area (Å²) in [5.74, 6) is 1.59. The minimum absolute atomic E-state index is 0.796. The Morgan fingerprint density at radius 1 is 1.07 bits per heavy atom. The summed E-state index contributed by atoms with van der Waals surface area (Å²) in [6, 6.07) is 0. The van der Waals surface area contributed by atoms with Crippen molar-refractivity contribution in [1.82, 2.24) is 9.80 Å². The van der Waals surface area contributed by atoms with Gasteiger partial charge in [0.05, 0.1) is 0 Å². The summed E-state index contributed by atoms with van der Waals surface area (Å²) < 4.78 is 0. The predicted molar refractivity (Wildman–Crippen MR) is 63.1 cm³/mol. The molecule has 0 aromatic rings. The fourth-order valence-electron chi connectivity index (χ4n) is 2.00. The molecule has 0 radical (unpaired) electrons. The normalized spacial score (nSPS) is 20.6. The Kier molecular flexibility index (Phi) is 5.83. The lowest BCUT2D eigenvalue weighted by atomic mass is 10.2. The van der Waals surface area contributed by atoms with Crippen LogP contribution >= 0.6 is 11.6 Å². The van der Waals surface area contributed by atoms with Crippen LogP contribution in [0.15, 0.2) is 0 Å². The lowest BCUT2D eigenvalue weighted by molar-refractivity contribution is 0.122. The van der Waals surface area contributed by atoms with Gasteiger partial charge in [-0.15, -0.1) is 11.6 Å². The molecule has 1 heterocycles. The summed E-state index contributed by atoms with van der Waals surface area (Å²) in [6.45, 7) is 11.9. The van der Waals surface area contributed by atoms with E-state index in [2.05, 4.69) is 23.6 Å². The van der Waals surface area contributed by atoms with Crippen LogP contribution in [0.1, 0.15) is 20.3 Å². The second-order valence-corrected chi connectivity index (χ2v) is 4.96. The van der Waals surface area contributed by atoms with Crippen molar-refractivity contribution in [1.29, 1.82) is 0 Å². The lowest BCUT2D eigenvalue weighted by Gasteiger charge is -2.35. The first-order valence-electron chi connectivity index (χ1n) is 5.73. The van der Waals surface area contributed by atoms with E-state index in [9.17, 15) is 0 Å². The number of halogens is 1. The Morgan fingerprint density at radius 3 is 2.14 bits per heavy atom. The second-order valence-electron chi connectivity index (χ2n) is 4.58. The van der Waals surface area contributed by atoms with E-state index in [1.165, 1.54) is 39.3 Å². The van der Waals surface area contributed by atoms with E-state index in [1.54, 1.807) is 0 Å². The van der Waals surface area contributed by atoms with E-state index in [0.717, 1.165) is 18.2 Å². The van der Waals surface area contributed by atoms with Crippen molar-refractivity contribution in [3.63, 3.8) is 0 Å². The number of alkyl halides is 1. The summed E-state index contributed by atoms with van der Waals surface area (Å²) in [5.41, 5.74) is 0. The molecular weight excluding hydrogens is 196 g/mol. The van der Waals surface area contributed by atoms with Crippen molar-refractivity contribution in [3.05, 3.63) is 0 Å². The van der Waals surface area contributed by atoms with Gasteiger partial charge in [-0.25, -0.2) is 0 Å². The highest BCUT2D eigenvalue weighted by Gasteiger charge is 2.16. The first-order chi connectivity index (χ1) is 6.72. The highest BCUT2D eigenvalue weighted by Crippen LogP contribution is 2.05. The van der Waals surface area contributed by atoms with Gasteiger partial charge < -0.3 is 9.80 Å². The average molecular weight is 219 g/mol. The molecule has 0 aromatic carbocycles. The van der Waals surface area contributed by atoms with Gasteiger partial charge in [0, 0.05) is 38.6 Å². The van der Waals surface area contributed by atoms with Gasteiger partial charge in [0.1, 0.15) is 0 Å². The minimum Gasteiger partial charge on any atom is -0.301 e. The summed E-state index contributed by atoms with van der Waals surface area (Å²) in [4.78, 5) is 5.10. The van der Waals surface area contributed by atoms with Crippen LogP contribution in [0.3, 0.4) is 0 Å². The number of piperazine rings is 1. The molecule has 1 rings (SSSR count). The molecule has 2 nitrogen and oxygen atoms in total. The van der Waals surface area contributed by atoms with Crippen molar-refractivity contribution in [2.24, 2.45) is 5.92 Å². The van der Waals surface area contributed by atoms with Gasteiger partial charge in [-0.3, -0.25) is 0 Å². The van der Waals surface area contributed by atoms with Gasteiger partial charge in [-0.1, -0.05) is 13.8 Å². The molecule has 0 N–H and O–H groups in total. The molecule has 0 aliphatic carbocycles. The van der Waals surface area contributed by atoms with Gasteiger partial charge in [0.2, 0.25) is 0 Å². The monoisotopic (exact) mass is 218 g/mol. The number of nitrogens with zero attached hydrogens (tertiary/aromatic N) is 2. The van der Waals surface area contributed by atoms with Gasteiger partial charge >= 0.3 is 0 Å². The molecule has 1 fully saturated rings. The molecule has 0 unspecified atom stereocenters. The maximum absolute atomic E-state index is 5.68. The van der Waals surface area contributed by atoms with Crippen LogP contribution in [-0.2, 0) is 0 Å². The van der Waals surface area contributed by atoms with Gasteiger partial charge in [0.15, 0.2) is 0 Å². The molecule has 1 aliphatic rings. The molecule has 1 aliphatic heterocycles. The Morgan fingerprint density at radius 2 is 1.64 bits per heavy atom. The third kappa shape index (κ3) is 4.63. The Labute approximate surface area is 93.2 Å². The van der Waals surface area contributed by atoms with E-state index in [-0.39, 0.29) is 0 Å². The van der Waals surface area contributed by atoms with Crippen molar-refractivity contribution in [2.75, 3.05) is 45.1 Å². The van der Waals surface area contributed by atoms with Crippen molar-refractivity contribution in [3.8, 4) is 0 Å². The van der Waals surface area contributed by atoms with Crippen LogP contribution in [0.25, 0.3) is 0 Å².